The second-order valence-corrected chi connectivity index (χ2v) is 5.34. The van der Waals surface area contributed by atoms with Gasteiger partial charge in [0.2, 0.25) is 0 Å². The predicted molar refractivity (Wildman–Crippen MR) is 83.2 cm³/mol. The van der Waals surface area contributed by atoms with E-state index in [-0.39, 0.29) is 11.6 Å². The van der Waals surface area contributed by atoms with Gasteiger partial charge in [0.25, 0.3) is 5.56 Å². The quantitative estimate of drug-likeness (QED) is 0.894. The molecule has 5 nitrogen and oxygen atoms in total. The van der Waals surface area contributed by atoms with E-state index in [4.69, 9.17) is 0 Å². The van der Waals surface area contributed by atoms with Crippen LogP contribution in [0.1, 0.15) is 18.8 Å². The van der Waals surface area contributed by atoms with Crippen LogP contribution in [0.5, 0.6) is 0 Å². The van der Waals surface area contributed by atoms with Gasteiger partial charge < -0.3 is 10.3 Å². The molecule has 2 heterocycles. The minimum absolute atomic E-state index is 0.0964. The average molecular weight is 284 g/mol. The first-order valence-corrected chi connectivity index (χ1v) is 7.35. The molecule has 2 N–H and O–H groups in total. The van der Waals surface area contributed by atoms with Crippen molar-refractivity contribution in [1.29, 1.82) is 0 Å². The number of nitrogens with one attached hydrogen (secondary N) is 2. The number of rotatable bonds is 3. The van der Waals surface area contributed by atoms with E-state index in [0.29, 0.717) is 0 Å². The van der Waals surface area contributed by atoms with Crippen LogP contribution in [-0.4, -0.2) is 41.0 Å². The van der Waals surface area contributed by atoms with Crippen LogP contribution in [0.2, 0.25) is 0 Å². The molecule has 2 aromatic rings. The van der Waals surface area contributed by atoms with Crippen LogP contribution in [0, 0.1) is 0 Å². The summed E-state index contributed by atoms with van der Waals surface area (Å²) in [7, 11) is 0. The van der Waals surface area contributed by atoms with Gasteiger partial charge in [-0.05, 0) is 6.92 Å². The van der Waals surface area contributed by atoms with Gasteiger partial charge in [0.15, 0.2) is 0 Å². The predicted octanol–water partition coefficient (Wildman–Crippen LogP) is 1.40. The van der Waals surface area contributed by atoms with Gasteiger partial charge in [-0.3, -0.25) is 9.69 Å². The van der Waals surface area contributed by atoms with E-state index in [1.807, 2.05) is 30.3 Å². The maximum absolute atomic E-state index is 11.9. The number of hydrogen-bond acceptors (Lipinski definition) is 4. The second-order valence-electron chi connectivity index (χ2n) is 5.34. The van der Waals surface area contributed by atoms with Gasteiger partial charge >= 0.3 is 0 Å². The summed E-state index contributed by atoms with van der Waals surface area (Å²) in [6.45, 7) is 6.00. The van der Waals surface area contributed by atoms with Crippen molar-refractivity contribution < 1.29 is 0 Å². The van der Waals surface area contributed by atoms with Crippen molar-refractivity contribution in [2.75, 3.05) is 26.2 Å². The molecule has 1 aromatic carbocycles. The zero-order chi connectivity index (χ0) is 14.7. The molecule has 1 fully saturated rings. The fourth-order valence-corrected chi connectivity index (χ4v) is 2.67. The lowest BCUT2D eigenvalue weighted by Crippen LogP contribution is -2.45. The number of aromatic amines is 1. The molecule has 3 rings (SSSR count). The maximum Gasteiger partial charge on any atom is 0.251 e. The van der Waals surface area contributed by atoms with Crippen LogP contribution < -0.4 is 10.9 Å². The molecule has 1 atom stereocenters. The lowest BCUT2D eigenvalue weighted by atomic mass is 10.1. The van der Waals surface area contributed by atoms with Gasteiger partial charge in [-0.1, -0.05) is 30.3 Å². The van der Waals surface area contributed by atoms with Crippen LogP contribution in [0.15, 0.2) is 41.2 Å². The Morgan fingerprint density at radius 2 is 1.90 bits per heavy atom. The van der Waals surface area contributed by atoms with E-state index < -0.39 is 0 Å². The Bertz CT molecular complexity index is 647. The molecular weight excluding hydrogens is 264 g/mol. The molecule has 5 heteroatoms. The Kier molecular flexibility index (Phi) is 4.13. The molecule has 1 unspecified atom stereocenters. The Labute approximate surface area is 124 Å². The SMILES string of the molecule is CC(c1nc(-c2ccccc2)cc(=O)[nH]1)N1CCNCC1. The van der Waals surface area contributed by atoms with Gasteiger partial charge in [-0.25, -0.2) is 4.98 Å². The molecule has 21 heavy (non-hydrogen) atoms. The largest absolute Gasteiger partial charge is 0.314 e. The first kappa shape index (κ1) is 14.0. The second kappa shape index (κ2) is 6.20. The van der Waals surface area contributed by atoms with Crippen LogP contribution >= 0.6 is 0 Å². The van der Waals surface area contributed by atoms with Crippen molar-refractivity contribution in [2.24, 2.45) is 0 Å². The standard InChI is InChI=1S/C16H20N4O/c1-12(20-9-7-17-8-10-20)16-18-14(11-15(21)19-16)13-5-3-2-4-6-13/h2-6,11-12,17H,7-10H2,1H3,(H,18,19,21). The number of H-pyrrole nitrogens is 1. The van der Waals surface area contributed by atoms with Gasteiger partial charge in [0, 0.05) is 37.8 Å². The van der Waals surface area contributed by atoms with Crippen molar-refractivity contribution in [1.82, 2.24) is 20.2 Å². The summed E-state index contributed by atoms with van der Waals surface area (Å²) >= 11 is 0. The highest BCUT2D eigenvalue weighted by Gasteiger charge is 2.20. The summed E-state index contributed by atoms with van der Waals surface area (Å²) in [5.74, 6) is 0.739. The molecule has 1 aliphatic rings. The lowest BCUT2D eigenvalue weighted by molar-refractivity contribution is 0.179. The topological polar surface area (TPSA) is 61.0 Å². The first-order chi connectivity index (χ1) is 10.2. The molecule has 1 aromatic heterocycles. The third-order valence-corrected chi connectivity index (χ3v) is 3.92. The molecular formula is C16H20N4O. The van der Waals surface area contributed by atoms with Crippen molar-refractivity contribution in [3.8, 4) is 11.3 Å². The van der Waals surface area contributed by atoms with Gasteiger partial charge in [0.05, 0.1) is 11.7 Å². The fraction of sp³-hybridized carbons (Fsp3) is 0.375. The summed E-state index contributed by atoms with van der Waals surface area (Å²) in [6.07, 6.45) is 0. The normalized spacial score (nSPS) is 17.6. The highest BCUT2D eigenvalue weighted by Crippen LogP contribution is 2.19. The number of aromatic nitrogens is 2. The molecule has 110 valence electrons. The van der Waals surface area contributed by atoms with Crippen LogP contribution in [0.4, 0.5) is 0 Å². The maximum atomic E-state index is 11.9. The number of hydrogen-bond donors (Lipinski definition) is 2. The monoisotopic (exact) mass is 284 g/mol. The zero-order valence-electron chi connectivity index (χ0n) is 12.2. The van der Waals surface area contributed by atoms with E-state index in [1.54, 1.807) is 6.07 Å². The molecule has 0 amide bonds. The van der Waals surface area contributed by atoms with Crippen molar-refractivity contribution in [3.05, 3.63) is 52.6 Å². The number of nitrogens with zero attached hydrogens (tertiary/aromatic N) is 2. The van der Waals surface area contributed by atoms with Crippen molar-refractivity contribution in [2.45, 2.75) is 13.0 Å². The van der Waals surface area contributed by atoms with E-state index in [9.17, 15) is 4.79 Å². The Hall–Kier alpha value is -1.98. The Morgan fingerprint density at radius 1 is 1.19 bits per heavy atom. The van der Waals surface area contributed by atoms with E-state index in [2.05, 4.69) is 27.1 Å². The third-order valence-electron chi connectivity index (χ3n) is 3.92. The lowest BCUT2D eigenvalue weighted by Gasteiger charge is -2.32. The molecule has 0 saturated carbocycles. The average Bonchev–Trinajstić information content (AvgIpc) is 2.55. The molecule has 0 radical (unpaired) electrons. The summed E-state index contributed by atoms with van der Waals surface area (Å²) in [5, 5.41) is 3.34. The first-order valence-electron chi connectivity index (χ1n) is 7.35. The minimum Gasteiger partial charge on any atom is -0.314 e. The molecule has 0 bridgehead atoms. The van der Waals surface area contributed by atoms with Gasteiger partial charge in [0.1, 0.15) is 5.82 Å². The van der Waals surface area contributed by atoms with Crippen molar-refractivity contribution in [3.63, 3.8) is 0 Å². The molecule has 0 aliphatic carbocycles. The molecule has 1 aliphatic heterocycles. The van der Waals surface area contributed by atoms with E-state index in [1.165, 1.54) is 0 Å². The molecule has 0 spiro atoms. The van der Waals surface area contributed by atoms with Gasteiger partial charge in [-0.15, -0.1) is 0 Å². The fourth-order valence-electron chi connectivity index (χ4n) is 2.67. The van der Waals surface area contributed by atoms with Gasteiger partial charge in [-0.2, -0.15) is 0 Å². The van der Waals surface area contributed by atoms with E-state index >= 15 is 0 Å². The summed E-state index contributed by atoms with van der Waals surface area (Å²) < 4.78 is 0. The number of benzene rings is 1. The van der Waals surface area contributed by atoms with Crippen molar-refractivity contribution >= 4 is 0 Å². The van der Waals surface area contributed by atoms with Crippen LogP contribution in [0.25, 0.3) is 11.3 Å². The highest BCUT2D eigenvalue weighted by molar-refractivity contribution is 5.58. The van der Waals surface area contributed by atoms with E-state index in [0.717, 1.165) is 43.3 Å². The summed E-state index contributed by atoms with van der Waals surface area (Å²) in [4.78, 5) is 21.8. The highest BCUT2D eigenvalue weighted by atomic mass is 16.1. The van der Waals surface area contributed by atoms with Crippen LogP contribution in [-0.2, 0) is 0 Å². The minimum atomic E-state index is -0.0964. The summed E-state index contributed by atoms with van der Waals surface area (Å²) in [5.41, 5.74) is 1.61. The smallest absolute Gasteiger partial charge is 0.251 e. The zero-order valence-corrected chi connectivity index (χ0v) is 12.2. The Morgan fingerprint density at radius 3 is 2.62 bits per heavy atom. The number of piperazine rings is 1. The van der Waals surface area contributed by atoms with Crippen LogP contribution in [0.3, 0.4) is 0 Å². The summed E-state index contributed by atoms with van der Waals surface area (Å²) in [6, 6.07) is 11.5. The molecule has 1 saturated heterocycles. The third kappa shape index (κ3) is 3.20. The Balaban J connectivity index is 1.92.